The third-order valence-electron chi connectivity index (χ3n) is 4.88. The number of aryl methyl sites for hydroxylation is 2. The molecule has 7 nitrogen and oxygen atoms in total. The molecule has 3 heterocycles. The summed E-state index contributed by atoms with van der Waals surface area (Å²) in [6, 6.07) is 8.14. The standard InChI is InChI=1S/C19H19N5O2S/c1-11-17(12(2)26-23-11)13-3-4-15-16(9-13)27-19(21-15)22-18(25)14-5-7-24(10-14)8-6-20/h3-4,9,14H,5,7-8,10H2,1-2H3,(H,21,22,25)/t14-/m0/s1. The zero-order valence-corrected chi connectivity index (χ0v) is 16.0. The number of rotatable bonds is 4. The molecule has 1 saturated heterocycles. The van der Waals surface area contributed by atoms with Crippen molar-refractivity contribution in [3.63, 3.8) is 0 Å². The topological polar surface area (TPSA) is 95.1 Å². The van der Waals surface area contributed by atoms with Gasteiger partial charge in [0.25, 0.3) is 0 Å². The summed E-state index contributed by atoms with van der Waals surface area (Å²) in [6.45, 7) is 5.60. The summed E-state index contributed by atoms with van der Waals surface area (Å²) < 4.78 is 6.26. The Balaban J connectivity index is 1.52. The second-order valence-electron chi connectivity index (χ2n) is 6.77. The first-order valence-corrected chi connectivity index (χ1v) is 9.61. The molecule has 0 aliphatic carbocycles. The molecule has 1 aromatic carbocycles. The number of aromatic nitrogens is 2. The van der Waals surface area contributed by atoms with E-state index in [0.29, 0.717) is 18.2 Å². The van der Waals surface area contributed by atoms with E-state index in [1.54, 1.807) is 0 Å². The normalized spacial score (nSPS) is 17.3. The van der Waals surface area contributed by atoms with Gasteiger partial charge < -0.3 is 9.84 Å². The molecule has 27 heavy (non-hydrogen) atoms. The van der Waals surface area contributed by atoms with Gasteiger partial charge in [-0.1, -0.05) is 22.6 Å². The van der Waals surface area contributed by atoms with Crippen molar-refractivity contribution in [2.75, 3.05) is 25.0 Å². The summed E-state index contributed by atoms with van der Waals surface area (Å²) in [5.41, 5.74) is 3.74. The van der Waals surface area contributed by atoms with Crippen LogP contribution in [0, 0.1) is 31.1 Å². The summed E-state index contributed by atoms with van der Waals surface area (Å²) in [6.07, 6.45) is 0.772. The number of nitrogens with zero attached hydrogens (tertiary/aromatic N) is 4. The Kier molecular flexibility index (Phi) is 4.64. The minimum atomic E-state index is -0.0942. The number of thiazole rings is 1. The van der Waals surface area contributed by atoms with Gasteiger partial charge in [-0.15, -0.1) is 0 Å². The van der Waals surface area contributed by atoms with Crippen LogP contribution in [0.3, 0.4) is 0 Å². The van der Waals surface area contributed by atoms with E-state index in [-0.39, 0.29) is 11.8 Å². The molecule has 0 saturated carbocycles. The zero-order chi connectivity index (χ0) is 19.0. The van der Waals surface area contributed by atoms with Crippen molar-refractivity contribution in [3.8, 4) is 17.2 Å². The van der Waals surface area contributed by atoms with Crippen molar-refractivity contribution in [2.24, 2.45) is 5.92 Å². The number of amides is 1. The van der Waals surface area contributed by atoms with Crippen molar-refractivity contribution in [1.82, 2.24) is 15.0 Å². The number of carbonyl (C=O) groups is 1. The Morgan fingerprint density at radius 3 is 3.07 bits per heavy atom. The number of anilines is 1. The molecule has 1 atom stereocenters. The molecule has 4 rings (SSSR count). The van der Waals surface area contributed by atoms with Gasteiger partial charge in [0.15, 0.2) is 5.13 Å². The summed E-state index contributed by atoms with van der Waals surface area (Å²) in [5, 5.41) is 16.3. The van der Waals surface area contributed by atoms with E-state index in [0.717, 1.165) is 45.8 Å². The zero-order valence-electron chi connectivity index (χ0n) is 15.2. The maximum Gasteiger partial charge on any atom is 0.230 e. The monoisotopic (exact) mass is 381 g/mol. The maximum absolute atomic E-state index is 12.5. The van der Waals surface area contributed by atoms with Crippen LogP contribution in [-0.2, 0) is 4.79 Å². The largest absolute Gasteiger partial charge is 0.361 e. The molecule has 8 heteroatoms. The van der Waals surface area contributed by atoms with Gasteiger partial charge in [-0.2, -0.15) is 5.26 Å². The molecule has 1 aliphatic heterocycles. The van der Waals surface area contributed by atoms with E-state index in [2.05, 4.69) is 27.6 Å². The summed E-state index contributed by atoms with van der Waals surface area (Å²) in [4.78, 5) is 19.0. The maximum atomic E-state index is 12.5. The molecule has 1 fully saturated rings. The molecule has 1 amide bonds. The van der Waals surface area contributed by atoms with Gasteiger partial charge in [0.2, 0.25) is 5.91 Å². The molecule has 1 aliphatic rings. The van der Waals surface area contributed by atoms with Crippen molar-refractivity contribution >= 4 is 32.6 Å². The first-order chi connectivity index (χ1) is 13.0. The van der Waals surface area contributed by atoms with Gasteiger partial charge in [-0.25, -0.2) is 4.98 Å². The van der Waals surface area contributed by atoms with Crippen LogP contribution < -0.4 is 5.32 Å². The fraction of sp³-hybridized carbons (Fsp3) is 0.368. The number of nitriles is 1. The van der Waals surface area contributed by atoms with Crippen LogP contribution in [0.1, 0.15) is 17.9 Å². The minimum Gasteiger partial charge on any atom is -0.361 e. The van der Waals surface area contributed by atoms with Crippen molar-refractivity contribution < 1.29 is 9.32 Å². The Labute approximate surface area is 160 Å². The number of hydrogen-bond donors (Lipinski definition) is 1. The molecule has 0 radical (unpaired) electrons. The van der Waals surface area contributed by atoms with Gasteiger partial charge in [0.05, 0.1) is 34.4 Å². The average molecular weight is 381 g/mol. The lowest BCUT2D eigenvalue weighted by Gasteiger charge is -2.11. The average Bonchev–Trinajstić information content (AvgIpc) is 3.33. The van der Waals surface area contributed by atoms with Gasteiger partial charge in [-0.05, 0) is 44.5 Å². The van der Waals surface area contributed by atoms with E-state index >= 15 is 0 Å². The number of benzene rings is 1. The first-order valence-electron chi connectivity index (χ1n) is 8.79. The third-order valence-corrected chi connectivity index (χ3v) is 5.81. The second kappa shape index (κ2) is 7.10. The number of fused-ring (bicyclic) bond motifs is 1. The fourth-order valence-electron chi connectivity index (χ4n) is 3.53. The number of likely N-dealkylation sites (tertiary alicyclic amines) is 1. The molecule has 0 spiro atoms. The quantitative estimate of drug-likeness (QED) is 0.697. The highest BCUT2D eigenvalue weighted by Crippen LogP contribution is 2.33. The van der Waals surface area contributed by atoms with Gasteiger partial charge in [-0.3, -0.25) is 9.69 Å². The van der Waals surface area contributed by atoms with Gasteiger partial charge in [0.1, 0.15) is 5.76 Å². The molecule has 2 aromatic heterocycles. The molecule has 0 bridgehead atoms. The van der Waals surface area contributed by atoms with Crippen LogP contribution >= 0.6 is 11.3 Å². The molecular formula is C19H19N5O2S. The third kappa shape index (κ3) is 3.44. The summed E-state index contributed by atoms with van der Waals surface area (Å²) >= 11 is 1.46. The Bertz CT molecular complexity index is 1030. The van der Waals surface area contributed by atoms with Crippen LogP contribution in [0.5, 0.6) is 0 Å². The van der Waals surface area contributed by atoms with Crippen LogP contribution in [-0.4, -0.2) is 40.6 Å². The van der Waals surface area contributed by atoms with E-state index < -0.39 is 0 Å². The highest BCUT2D eigenvalue weighted by Gasteiger charge is 2.28. The number of nitrogens with one attached hydrogen (secondary N) is 1. The first kappa shape index (κ1) is 17.6. The van der Waals surface area contributed by atoms with Crippen LogP contribution in [0.4, 0.5) is 5.13 Å². The minimum absolute atomic E-state index is 0.0274. The predicted molar refractivity (Wildman–Crippen MR) is 103 cm³/mol. The smallest absolute Gasteiger partial charge is 0.230 e. The van der Waals surface area contributed by atoms with E-state index in [4.69, 9.17) is 9.78 Å². The van der Waals surface area contributed by atoms with E-state index in [9.17, 15) is 4.79 Å². The number of hydrogen-bond acceptors (Lipinski definition) is 7. The highest BCUT2D eigenvalue weighted by molar-refractivity contribution is 7.22. The van der Waals surface area contributed by atoms with Crippen LogP contribution in [0.15, 0.2) is 22.7 Å². The molecule has 3 aromatic rings. The van der Waals surface area contributed by atoms with Crippen molar-refractivity contribution in [1.29, 1.82) is 5.26 Å². The van der Waals surface area contributed by atoms with E-state index in [1.807, 2.05) is 30.9 Å². The van der Waals surface area contributed by atoms with E-state index in [1.165, 1.54) is 11.3 Å². The predicted octanol–water partition coefficient (Wildman–Crippen LogP) is 3.35. The molecular weight excluding hydrogens is 362 g/mol. The highest BCUT2D eigenvalue weighted by atomic mass is 32.1. The lowest BCUT2D eigenvalue weighted by molar-refractivity contribution is -0.119. The van der Waals surface area contributed by atoms with Crippen molar-refractivity contribution in [2.45, 2.75) is 20.3 Å². The van der Waals surface area contributed by atoms with Gasteiger partial charge in [0, 0.05) is 12.1 Å². The Morgan fingerprint density at radius 1 is 1.48 bits per heavy atom. The molecule has 1 N–H and O–H groups in total. The molecule has 0 unspecified atom stereocenters. The number of carbonyl (C=O) groups excluding carboxylic acids is 1. The van der Waals surface area contributed by atoms with Gasteiger partial charge >= 0.3 is 0 Å². The van der Waals surface area contributed by atoms with Crippen LogP contribution in [0.2, 0.25) is 0 Å². The van der Waals surface area contributed by atoms with Crippen LogP contribution in [0.25, 0.3) is 21.3 Å². The Hall–Kier alpha value is -2.76. The molecule has 138 valence electrons. The summed E-state index contributed by atoms with van der Waals surface area (Å²) in [5.74, 6) is 0.664. The summed E-state index contributed by atoms with van der Waals surface area (Å²) in [7, 11) is 0. The Morgan fingerprint density at radius 2 is 2.33 bits per heavy atom. The fourth-order valence-corrected chi connectivity index (χ4v) is 4.43. The second-order valence-corrected chi connectivity index (χ2v) is 7.80. The SMILES string of the molecule is Cc1noc(C)c1-c1ccc2nc(NC(=O)[C@H]3CCN(CC#N)C3)sc2c1. The lowest BCUT2D eigenvalue weighted by atomic mass is 10.0. The van der Waals surface area contributed by atoms with Crippen molar-refractivity contribution in [3.05, 3.63) is 29.7 Å². The lowest BCUT2D eigenvalue weighted by Crippen LogP contribution is -2.27.